The molecule has 0 bridgehead atoms. The molecule has 1 aliphatic heterocycles. The van der Waals surface area contributed by atoms with E-state index in [0.717, 1.165) is 60.6 Å². The number of aryl methyl sites for hydroxylation is 2. The van der Waals surface area contributed by atoms with Crippen LogP contribution in [-0.4, -0.2) is 70.6 Å². The molecular weight excluding hydrogens is 544 g/mol. The quantitative estimate of drug-likeness (QED) is 0.275. The van der Waals surface area contributed by atoms with Gasteiger partial charge in [-0.1, -0.05) is 35.6 Å². The lowest BCUT2D eigenvalue weighted by atomic mass is 10.1. The van der Waals surface area contributed by atoms with E-state index in [-0.39, 0.29) is 10.8 Å². The molecule has 40 heavy (non-hydrogen) atoms. The number of anilines is 2. The highest BCUT2D eigenvalue weighted by molar-refractivity contribution is 7.92. The Labute approximate surface area is 239 Å². The average molecular weight is 579 g/mol. The Bertz CT molecular complexity index is 1580. The number of benzene rings is 3. The van der Waals surface area contributed by atoms with E-state index >= 15 is 0 Å². The first-order chi connectivity index (χ1) is 19.2. The highest BCUT2D eigenvalue weighted by atomic mass is 32.2. The zero-order valence-electron chi connectivity index (χ0n) is 23.0. The van der Waals surface area contributed by atoms with Crippen molar-refractivity contribution in [1.29, 1.82) is 0 Å². The van der Waals surface area contributed by atoms with E-state index in [1.165, 1.54) is 34.8 Å². The molecule has 1 saturated heterocycles. The number of amides is 1. The molecule has 1 aromatic heterocycles. The summed E-state index contributed by atoms with van der Waals surface area (Å²) in [4.78, 5) is 22.9. The Balaban J connectivity index is 1.40. The van der Waals surface area contributed by atoms with Crippen LogP contribution in [0.1, 0.15) is 27.9 Å². The predicted molar refractivity (Wildman–Crippen MR) is 161 cm³/mol. The Hall–Kier alpha value is -3.31. The number of para-hydroxylation sites is 1. The maximum Gasteiger partial charge on any atom is 0.264 e. The van der Waals surface area contributed by atoms with Crippen molar-refractivity contribution in [3.05, 3.63) is 83.4 Å². The molecule has 0 N–H and O–H groups in total. The van der Waals surface area contributed by atoms with Crippen molar-refractivity contribution < 1.29 is 17.9 Å². The van der Waals surface area contributed by atoms with Crippen molar-refractivity contribution in [2.45, 2.75) is 25.2 Å². The van der Waals surface area contributed by atoms with Crippen LogP contribution in [0.5, 0.6) is 0 Å². The molecule has 210 valence electrons. The molecule has 5 rings (SSSR count). The Morgan fingerprint density at radius 2 is 1.73 bits per heavy atom. The third-order valence-corrected chi connectivity index (χ3v) is 10.2. The van der Waals surface area contributed by atoms with Crippen LogP contribution in [0, 0.1) is 13.8 Å². The van der Waals surface area contributed by atoms with E-state index in [1.807, 2.05) is 19.1 Å². The van der Waals surface area contributed by atoms with E-state index in [4.69, 9.17) is 9.72 Å². The number of nitrogens with zero attached hydrogens (tertiary/aromatic N) is 4. The highest BCUT2D eigenvalue weighted by Gasteiger charge is 2.25. The van der Waals surface area contributed by atoms with Gasteiger partial charge in [0.1, 0.15) is 0 Å². The van der Waals surface area contributed by atoms with E-state index in [0.29, 0.717) is 22.9 Å². The van der Waals surface area contributed by atoms with Crippen LogP contribution in [0.15, 0.2) is 71.6 Å². The number of carbonyl (C=O) groups excluding carboxylic acids is 1. The fraction of sp³-hybridized carbons (Fsp3) is 0.333. The summed E-state index contributed by atoms with van der Waals surface area (Å²) in [5.41, 5.74) is 4.13. The van der Waals surface area contributed by atoms with Crippen LogP contribution in [0.25, 0.3) is 10.2 Å². The molecule has 0 saturated carbocycles. The molecule has 0 unspecified atom stereocenters. The second-order valence-corrected chi connectivity index (χ2v) is 13.0. The highest BCUT2D eigenvalue weighted by Crippen LogP contribution is 2.33. The third kappa shape index (κ3) is 6.05. The zero-order chi connectivity index (χ0) is 28.3. The Morgan fingerprint density at radius 3 is 2.42 bits per heavy atom. The van der Waals surface area contributed by atoms with Crippen molar-refractivity contribution >= 4 is 48.3 Å². The van der Waals surface area contributed by atoms with Crippen molar-refractivity contribution in [2.24, 2.45) is 0 Å². The van der Waals surface area contributed by atoms with Crippen LogP contribution in [0.2, 0.25) is 0 Å². The fourth-order valence-corrected chi connectivity index (χ4v) is 7.14. The first-order valence-corrected chi connectivity index (χ1v) is 15.6. The topological polar surface area (TPSA) is 83.0 Å². The van der Waals surface area contributed by atoms with E-state index in [1.54, 1.807) is 41.3 Å². The van der Waals surface area contributed by atoms with E-state index in [9.17, 15) is 13.2 Å². The summed E-state index contributed by atoms with van der Waals surface area (Å²) in [7, 11) is -2.25. The number of thiazole rings is 1. The van der Waals surface area contributed by atoms with Crippen LogP contribution < -0.4 is 9.21 Å². The van der Waals surface area contributed by atoms with Gasteiger partial charge < -0.3 is 4.74 Å². The third-order valence-electron chi connectivity index (χ3n) is 7.12. The molecule has 1 aliphatic rings. The van der Waals surface area contributed by atoms with Gasteiger partial charge in [-0.25, -0.2) is 13.4 Å². The average Bonchev–Trinajstić information content (AvgIpc) is 3.40. The van der Waals surface area contributed by atoms with Gasteiger partial charge in [-0.05, 0) is 73.9 Å². The lowest BCUT2D eigenvalue weighted by Crippen LogP contribution is -2.39. The Morgan fingerprint density at radius 1 is 1.02 bits per heavy atom. The van der Waals surface area contributed by atoms with Gasteiger partial charge in [0, 0.05) is 38.8 Å². The van der Waals surface area contributed by atoms with Gasteiger partial charge in [0.2, 0.25) is 0 Å². The normalized spacial score (nSPS) is 14.4. The van der Waals surface area contributed by atoms with Gasteiger partial charge in [0.25, 0.3) is 15.9 Å². The number of aromatic nitrogens is 1. The van der Waals surface area contributed by atoms with Crippen molar-refractivity contribution in [3.8, 4) is 0 Å². The number of hydrogen-bond donors (Lipinski definition) is 0. The zero-order valence-corrected chi connectivity index (χ0v) is 24.7. The standard InChI is InChI=1S/C30H34N4O4S2/c1-22-20-23(2)28-27(21-22)31-30(39-28)34(15-7-14-33-16-18-38-19-17-33)29(35)24-10-12-26(13-11-24)40(36,37)32(3)25-8-5-4-6-9-25/h4-6,8-13,20-21H,7,14-19H2,1-3H3. The molecule has 0 radical (unpaired) electrons. The molecule has 1 amide bonds. The molecule has 4 aromatic rings. The predicted octanol–water partition coefficient (Wildman–Crippen LogP) is 5.11. The fourth-order valence-electron chi connectivity index (χ4n) is 4.90. The second-order valence-electron chi connectivity index (χ2n) is 10.0. The first kappa shape index (κ1) is 28.2. The summed E-state index contributed by atoms with van der Waals surface area (Å²) in [6, 6.07) is 19.3. The maximum absolute atomic E-state index is 13.9. The summed E-state index contributed by atoms with van der Waals surface area (Å²) in [6.45, 7) is 8.71. The molecule has 1 fully saturated rings. The van der Waals surface area contributed by atoms with Crippen molar-refractivity contribution in [2.75, 3.05) is 55.6 Å². The first-order valence-electron chi connectivity index (χ1n) is 13.4. The number of carbonyl (C=O) groups is 1. The number of morpholine rings is 1. The SMILES string of the molecule is Cc1cc(C)c2sc(N(CCCN3CCOCC3)C(=O)c3ccc(S(=O)(=O)N(C)c4ccccc4)cc3)nc2c1. The number of rotatable bonds is 9. The summed E-state index contributed by atoms with van der Waals surface area (Å²) >= 11 is 1.52. The summed E-state index contributed by atoms with van der Waals surface area (Å²) in [6.07, 6.45) is 0.786. The number of ether oxygens (including phenoxy) is 1. The summed E-state index contributed by atoms with van der Waals surface area (Å²) < 4.78 is 34.2. The smallest absolute Gasteiger partial charge is 0.264 e. The summed E-state index contributed by atoms with van der Waals surface area (Å²) in [5, 5.41) is 0.649. The second kappa shape index (κ2) is 12.1. The van der Waals surface area contributed by atoms with E-state index < -0.39 is 10.0 Å². The minimum atomic E-state index is -3.78. The van der Waals surface area contributed by atoms with Crippen LogP contribution in [-0.2, 0) is 14.8 Å². The molecule has 10 heteroatoms. The molecule has 3 aromatic carbocycles. The van der Waals surface area contributed by atoms with Gasteiger partial charge in [0.05, 0.1) is 34.0 Å². The van der Waals surface area contributed by atoms with Crippen molar-refractivity contribution in [3.63, 3.8) is 0 Å². The number of fused-ring (bicyclic) bond motifs is 1. The molecule has 0 spiro atoms. The molecule has 0 aliphatic carbocycles. The van der Waals surface area contributed by atoms with Gasteiger partial charge in [-0.15, -0.1) is 0 Å². The van der Waals surface area contributed by atoms with Crippen molar-refractivity contribution in [1.82, 2.24) is 9.88 Å². The Kier molecular flexibility index (Phi) is 8.51. The van der Waals surface area contributed by atoms with Gasteiger partial charge in [-0.2, -0.15) is 0 Å². The van der Waals surface area contributed by atoms with Gasteiger partial charge in [-0.3, -0.25) is 18.9 Å². The largest absolute Gasteiger partial charge is 0.379 e. The molecular formula is C30H34N4O4S2. The van der Waals surface area contributed by atoms with Crippen LogP contribution >= 0.6 is 11.3 Å². The number of sulfonamides is 1. The lowest BCUT2D eigenvalue weighted by molar-refractivity contribution is 0.0376. The lowest BCUT2D eigenvalue weighted by Gasteiger charge is -2.27. The minimum Gasteiger partial charge on any atom is -0.379 e. The molecule has 0 atom stereocenters. The maximum atomic E-state index is 13.9. The monoisotopic (exact) mass is 578 g/mol. The molecule has 8 nitrogen and oxygen atoms in total. The van der Waals surface area contributed by atoms with E-state index in [2.05, 4.69) is 17.9 Å². The molecule has 2 heterocycles. The van der Waals surface area contributed by atoms with Crippen LogP contribution in [0.3, 0.4) is 0 Å². The minimum absolute atomic E-state index is 0.125. The van der Waals surface area contributed by atoms with Gasteiger partial charge in [0.15, 0.2) is 5.13 Å². The van der Waals surface area contributed by atoms with Crippen LogP contribution in [0.4, 0.5) is 10.8 Å². The van der Waals surface area contributed by atoms with Gasteiger partial charge >= 0.3 is 0 Å². The summed E-state index contributed by atoms with van der Waals surface area (Å²) in [5.74, 6) is -0.198. The number of hydrogen-bond acceptors (Lipinski definition) is 7.